The molecule has 21 heavy (non-hydrogen) atoms. The third-order valence-electron chi connectivity index (χ3n) is 4.87. The molecular weight excluding hydrogens is 284 g/mol. The molecule has 2 aromatic rings. The summed E-state index contributed by atoms with van der Waals surface area (Å²) in [5.41, 5.74) is 2.07. The second-order valence-electron chi connectivity index (χ2n) is 6.12. The zero-order chi connectivity index (χ0) is 14.8. The first-order valence-electron chi connectivity index (χ1n) is 7.82. The van der Waals surface area contributed by atoms with Crippen LogP contribution in [0.3, 0.4) is 0 Å². The van der Waals surface area contributed by atoms with Crippen LogP contribution in [0.5, 0.6) is 5.75 Å². The first-order valence-corrected chi connectivity index (χ1v) is 8.36. The number of benzene rings is 1. The minimum absolute atomic E-state index is 0.443. The molecule has 1 aromatic carbocycles. The molecule has 114 valence electrons. The van der Waals surface area contributed by atoms with E-state index in [-0.39, 0.29) is 0 Å². The third kappa shape index (κ3) is 2.76. The van der Waals surface area contributed by atoms with Gasteiger partial charge in [-0.3, -0.25) is 0 Å². The molecule has 3 nitrogen and oxygen atoms in total. The highest BCUT2D eigenvalue weighted by Gasteiger charge is 2.24. The average molecular weight is 307 g/mol. The van der Waals surface area contributed by atoms with Crippen LogP contribution in [-0.2, 0) is 12.4 Å². The van der Waals surface area contributed by atoms with Gasteiger partial charge in [-0.2, -0.15) is 0 Å². The number of rotatable bonds is 4. The van der Waals surface area contributed by atoms with Crippen LogP contribution in [0.2, 0.25) is 0 Å². The van der Waals surface area contributed by atoms with Crippen LogP contribution in [0.1, 0.15) is 38.4 Å². The summed E-state index contributed by atoms with van der Waals surface area (Å²) in [5, 5.41) is 0. The van der Waals surface area contributed by atoms with Crippen molar-refractivity contribution in [1.82, 2.24) is 9.55 Å². The number of nitrogens with zero attached hydrogens (tertiary/aromatic N) is 2. The Kier molecular flexibility index (Phi) is 4.39. The minimum Gasteiger partial charge on any atom is -0.494 e. The second kappa shape index (κ2) is 6.27. The topological polar surface area (TPSA) is 27.1 Å². The fourth-order valence-electron chi connectivity index (χ4n) is 3.54. The number of para-hydroxylation sites is 1. The number of hydrogen-bond donors (Lipinski definition) is 0. The van der Waals surface area contributed by atoms with Gasteiger partial charge in [0.05, 0.1) is 18.5 Å². The van der Waals surface area contributed by atoms with Gasteiger partial charge in [-0.25, -0.2) is 4.98 Å². The van der Waals surface area contributed by atoms with Gasteiger partial charge >= 0.3 is 0 Å². The lowest BCUT2D eigenvalue weighted by Crippen LogP contribution is -2.22. The van der Waals surface area contributed by atoms with Gasteiger partial charge in [-0.05, 0) is 30.4 Å². The van der Waals surface area contributed by atoms with Crippen LogP contribution in [-0.4, -0.2) is 16.7 Å². The van der Waals surface area contributed by atoms with Crippen molar-refractivity contribution in [3.05, 3.63) is 24.0 Å². The van der Waals surface area contributed by atoms with E-state index >= 15 is 0 Å². The smallest absolute Gasteiger partial charge is 0.146 e. The van der Waals surface area contributed by atoms with Gasteiger partial charge in [0.1, 0.15) is 17.1 Å². The molecule has 3 rings (SSSR count). The number of fused-ring (bicyclic) bond motifs is 1. The first-order chi connectivity index (χ1) is 10.2. The Labute approximate surface area is 131 Å². The van der Waals surface area contributed by atoms with Crippen LogP contribution in [0.15, 0.2) is 18.2 Å². The van der Waals surface area contributed by atoms with Crippen molar-refractivity contribution in [3.8, 4) is 5.75 Å². The molecule has 1 fully saturated rings. The molecule has 4 heteroatoms. The number of methoxy groups -OCH3 is 1. The molecule has 1 aliphatic rings. The van der Waals surface area contributed by atoms with Crippen molar-refractivity contribution < 1.29 is 4.74 Å². The summed E-state index contributed by atoms with van der Waals surface area (Å²) in [6.07, 6.45) is 5.38. The van der Waals surface area contributed by atoms with E-state index in [1.165, 1.54) is 25.7 Å². The van der Waals surface area contributed by atoms with Crippen molar-refractivity contribution in [2.75, 3.05) is 7.11 Å². The van der Waals surface area contributed by atoms with E-state index in [9.17, 15) is 0 Å². The zero-order valence-electron chi connectivity index (χ0n) is 12.8. The highest BCUT2D eigenvalue weighted by atomic mass is 35.5. The molecule has 1 saturated carbocycles. The van der Waals surface area contributed by atoms with Crippen molar-refractivity contribution in [1.29, 1.82) is 0 Å². The standard InChI is InChI=1S/C17H23ClN2O/c1-12-6-3-4-7-13(12)11-20-14-8-5-9-15(21-2)17(14)19-16(20)10-18/h5,8-9,12-13H,3-4,6-7,10-11H2,1-2H3. The van der Waals surface area contributed by atoms with Gasteiger partial charge in [0.2, 0.25) is 0 Å². The van der Waals surface area contributed by atoms with Gasteiger partial charge < -0.3 is 9.30 Å². The largest absolute Gasteiger partial charge is 0.494 e. The predicted molar refractivity (Wildman–Crippen MR) is 87.0 cm³/mol. The van der Waals surface area contributed by atoms with E-state index in [1.807, 2.05) is 12.1 Å². The van der Waals surface area contributed by atoms with Crippen molar-refractivity contribution in [2.24, 2.45) is 11.8 Å². The molecule has 2 unspecified atom stereocenters. The first kappa shape index (κ1) is 14.7. The summed E-state index contributed by atoms with van der Waals surface area (Å²) in [5.74, 6) is 3.73. The molecule has 0 spiro atoms. The lowest BCUT2D eigenvalue weighted by atomic mass is 9.80. The Balaban J connectivity index is 2.00. The van der Waals surface area contributed by atoms with E-state index in [1.54, 1.807) is 7.11 Å². The van der Waals surface area contributed by atoms with Crippen LogP contribution in [0.25, 0.3) is 11.0 Å². The molecule has 0 saturated heterocycles. The number of alkyl halides is 1. The van der Waals surface area contributed by atoms with Crippen molar-refractivity contribution >= 4 is 22.6 Å². The predicted octanol–water partition coefficient (Wildman–Crippen LogP) is 4.61. The minimum atomic E-state index is 0.443. The summed E-state index contributed by atoms with van der Waals surface area (Å²) < 4.78 is 7.74. The number of aromatic nitrogens is 2. The van der Waals surface area contributed by atoms with E-state index in [0.717, 1.165) is 41.0 Å². The fraction of sp³-hybridized carbons (Fsp3) is 0.588. The average Bonchev–Trinajstić information content (AvgIpc) is 2.87. The maximum atomic E-state index is 6.13. The summed E-state index contributed by atoms with van der Waals surface area (Å²) in [4.78, 5) is 4.70. The normalized spacial score (nSPS) is 22.6. The number of hydrogen-bond acceptors (Lipinski definition) is 2. The van der Waals surface area contributed by atoms with Gasteiger partial charge in [0.15, 0.2) is 0 Å². The van der Waals surface area contributed by atoms with Crippen LogP contribution in [0, 0.1) is 11.8 Å². The highest BCUT2D eigenvalue weighted by molar-refractivity contribution is 6.16. The Morgan fingerprint density at radius 2 is 2.14 bits per heavy atom. The van der Waals surface area contributed by atoms with Crippen molar-refractivity contribution in [2.45, 2.75) is 45.0 Å². The molecule has 0 amide bonds. The molecule has 0 N–H and O–H groups in total. The fourth-order valence-corrected chi connectivity index (χ4v) is 3.74. The Hall–Kier alpha value is -1.22. The van der Waals surface area contributed by atoms with E-state index < -0.39 is 0 Å². The Morgan fingerprint density at radius 3 is 2.86 bits per heavy atom. The van der Waals surface area contributed by atoms with Crippen LogP contribution in [0.4, 0.5) is 0 Å². The van der Waals surface area contributed by atoms with Gasteiger partial charge in [0.25, 0.3) is 0 Å². The Morgan fingerprint density at radius 1 is 1.33 bits per heavy atom. The summed E-state index contributed by atoms with van der Waals surface area (Å²) in [7, 11) is 1.69. The van der Waals surface area contributed by atoms with Crippen LogP contribution >= 0.6 is 11.6 Å². The lowest BCUT2D eigenvalue weighted by molar-refractivity contribution is 0.229. The summed E-state index contributed by atoms with van der Waals surface area (Å²) in [6, 6.07) is 6.11. The summed E-state index contributed by atoms with van der Waals surface area (Å²) in [6.45, 7) is 3.40. The van der Waals surface area contributed by atoms with Gasteiger partial charge in [-0.15, -0.1) is 11.6 Å². The Bertz CT molecular complexity index is 623. The molecule has 1 aliphatic carbocycles. The quantitative estimate of drug-likeness (QED) is 0.771. The second-order valence-corrected chi connectivity index (χ2v) is 6.39. The molecule has 0 radical (unpaired) electrons. The van der Waals surface area contributed by atoms with E-state index in [4.69, 9.17) is 21.3 Å². The maximum absolute atomic E-state index is 6.13. The molecule has 0 bridgehead atoms. The number of ether oxygens (including phenoxy) is 1. The molecule has 2 atom stereocenters. The van der Waals surface area contributed by atoms with Gasteiger partial charge in [-0.1, -0.05) is 32.3 Å². The monoisotopic (exact) mass is 306 g/mol. The number of halogens is 1. The number of imidazole rings is 1. The van der Waals surface area contributed by atoms with Gasteiger partial charge in [0, 0.05) is 6.54 Å². The van der Waals surface area contributed by atoms with E-state index in [0.29, 0.717) is 5.88 Å². The highest BCUT2D eigenvalue weighted by Crippen LogP contribution is 2.33. The maximum Gasteiger partial charge on any atom is 0.146 e. The van der Waals surface area contributed by atoms with E-state index in [2.05, 4.69) is 17.6 Å². The summed E-state index contributed by atoms with van der Waals surface area (Å²) >= 11 is 6.13. The lowest BCUT2D eigenvalue weighted by Gasteiger charge is -2.29. The molecule has 1 aromatic heterocycles. The SMILES string of the molecule is COc1cccc2c1nc(CCl)n2CC1CCCCC1C. The van der Waals surface area contributed by atoms with Crippen molar-refractivity contribution in [3.63, 3.8) is 0 Å². The molecular formula is C17H23ClN2O. The molecule has 0 aliphatic heterocycles. The third-order valence-corrected chi connectivity index (χ3v) is 5.11. The van der Waals surface area contributed by atoms with Crippen LogP contribution < -0.4 is 4.74 Å². The molecule has 1 heterocycles. The zero-order valence-corrected chi connectivity index (χ0v) is 13.6.